The third-order valence-electron chi connectivity index (χ3n) is 3.62. The minimum atomic E-state index is -0.770. The number of carbonyl (C=O) groups excluding carboxylic acids is 1. The Hall–Kier alpha value is -0.650. The van der Waals surface area contributed by atoms with E-state index in [2.05, 4.69) is 12.2 Å². The quantitative estimate of drug-likeness (QED) is 0.617. The lowest BCUT2D eigenvalue weighted by molar-refractivity contribution is -0.130. The number of aliphatic hydroxyl groups excluding tert-OH is 1. The summed E-state index contributed by atoms with van der Waals surface area (Å²) in [5, 5.41) is 11.9. The topological polar surface area (TPSA) is 84.6 Å². The monoisotopic (exact) mass is 258 g/mol. The fourth-order valence-corrected chi connectivity index (χ4v) is 2.32. The van der Waals surface area contributed by atoms with Gasteiger partial charge in [-0.2, -0.15) is 0 Å². The molecule has 5 heteroatoms. The first-order valence-corrected chi connectivity index (χ1v) is 6.88. The molecule has 0 aromatic carbocycles. The highest BCUT2D eigenvalue weighted by Gasteiger charge is 2.35. The van der Waals surface area contributed by atoms with Gasteiger partial charge in [-0.25, -0.2) is 0 Å². The molecule has 18 heavy (non-hydrogen) atoms. The molecule has 1 aliphatic rings. The van der Waals surface area contributed by atoms with E-state index in [9.17, 15) is 4.79 Å². The highest BCUT2D eigenvalue weighted by molar-refractivity contribution is 5.86. The number of nitrogens with one attached hydrogen (secondary N) is 1. The first-order valence-electron chi connectivity index (χ1n) is 6.88. The molecular formula is C13H26N2O3. The number of carbonyl (C=O) groups is 1. The van der Waals surface area contributed by atoms with Gasteiger partial charge in [-0.15, -0.1) is 0 Å². The summed E-state index contributed by atoms with van der Waals surface area (Å²) in [6, 6.07) is 0. The Morgan fingerprint density at radius 2 is 2.11 bits per heavy atom. The minimum absolute atomic E-state index is 0.0788. The Kier molecular flexibility index (Phi) is 6.60. The average molecular weight is 258 g/mol. The van der Waals surface area contributed by atoms with Gasteiger partial charge in [0, 0.05) is 26.4 Å². The van der Waals surface area contributed by atoms with E-state index in [1.165, 1.54) is 0 Å². The highest BCUT2D eigenvalue weighted by atomic mass is 16.5. The number of amides is 1. The lowest BCUT2D eigenvalue weighted by Gasteiger charge is -2.32. The van der Waals surface area contributed by atoms with Gasteiger partial charge in [0.15, 0.2) is 0 Å². The zero-order valence-electron chi connectivity index (χ0n) is 11.3. The molecule has 4 N–H and O–H groups in total. The van der Waals surface area contributed by atoms with Crippen LogP contribution in [-0.2, 0) is 9.53 Å². The third-order valence-corrected chi connectivity index (χ3v) is 3.62. The molecule has 0 aromatic heterocycles. The maximum absolute atomic E-state index is 12.1. The van der Waals surface area contributed by atoms with E-state index in [4.69, 9.17) is 15.6 Å². The van der Waals surface area contributed by atoms with E-state index in [0.29, 0.717) is 38.5 Å². The van der Waals surface area contributed by atoms with Gasteiger partial charge in [-0.05, 0) is 31.6 Å². The van der Waals surface area contributed by atoms with Crippen molar-refractivity contribution in [2.45, 2.75) is 44.6 Å². The van der Waals surface area contributed by atoms with E-state index in [0.717, 1.165) is 19.3 Å². The van der Waals surface area contributed by atoms with E-state index in [1.54, 1.807) is 0 Å². The molecule has 106 valence electrons. The summed E-state index contributed by atoms with van der Waals surface area (Å²) >= 11 is 0. The summed E-state index contributed by atoms with van der Waals surface area (Å²) in [6.07, 6.45) is 3.97. The Labute approximate surface area is 109 Å². The molecule has 1 fully saturated rings. The second kappa shape index (κ2) is 7.71. The second-order valence-corrected chi connectivity index (χ2v) is 5.15. The summed E-state index contributed by atoms with van der Waals surface area (Å²) in [5.41, 5.74) is 5.33. The molecule has 0 radical (unpaired) electrons. The molecule has 0 saturated carbocycles. The maximum Gasteiger partial charge on any atom is 0.240 e. The lowest BCUT2D eigenvalue weighted by atomic mass is 9.90. The van der Waals surface area contributed by atoms with Gasteiger partial charge in [0.2, 0.25) is 5.91 Å². The molecule has 1 aliphatic heterocycles. The Balaban J connectivity index is 2.38. The van der Waals surface area contributed by atoms with Gasteiger partial charge in [-0.3, -0.25) is 4.79 Å². The maximum atomic E-state index is 12.1. The van der Waals surface area contributed by atoms with Crippen LogP contribution < -0.4 is 11.1 Å². The van der Waals surface area contributed by atoms with Crippen LogP contribution in [0.3, 0.4) is 0 Å². The SMILES string of the molecule is CCCC(CCO)CNC(=O)C1(N)CCOCC1. The summed E-state index contributed by atoms with van der Waals surface area (Å²) in [4.78, 5) is 12.1. The van der Waals surface area contributed by atoms with Crippen LogP contribution in [0.5, 0.6) is 0 Å². The molecule has 0 bridgehead atoms. The van der Waals surface area contributed by atoms with Crippen molar-refractivity contribution in [2.75, 3.05) is 26.4 Å². The molecular weight excluding hydrogens is 232 g/mol. The van der Waals surface area contributed by atoms with Crippen molar-refractivity contribution in [3.05, 3.63) is 0 Å². The van der Waals surface area contributed by atoms with Gasteiger partial charge >= 0.3 is 0 Å². The molecule has 5 nitrogen and oxygen atoms in total. The summed E-state index contributed by atoms with van der Waals surface area (Å²) in [5.74, 6) is 0.261. The number of aliphatic hydroxyl groups is 1. The van der Waals surface area contributed by atoms with Crippen LogP contribution in [0.2, 0.25) is 0 Å². The van der Waals surface area contributed by atoms with Gasteiger partial charge in [0.05, 0.1) is 5.54 Å². The lowest BCUT2D eigenvalue weighted by Crippen LogP contribution is -2.57. The van der Waals surface area contributed by atoms with E-state index in [-0.39, 0.29) is 12.5 Å². The molecule has 0 aromatic rings. The van der Waals surface area contributed by atoms with E-state index >= 15 is 0 Å². The van der Waals surface area contributed by atoms with Crippen LogP contribution in [0.4, 0.5) is 0 Å². The molecule has 0 spiro atoms. The number of ether oxygens (including phenoxy) is 1. The van der Waals surface area contributed by atoms with Crippen molar-refractivity contribution in [1.29, 1.82) is 0 Å². The first kappa shape index (κ1) is 15.4. The fourth-order valence-electron chi connectivity index (χ4n) is 2.32. The second-order valence-electron chi connectivity index (χ2n) is 5.15. The van der Waals surface area contributed by atoms with Crippen molar-refractivity contribution < 1.29 is 14.6 Å². The number of nitrogens with two attached hydrogens (primary N) is 1. The van der Waals surface area contributed by atoms with Gasteiger partial charge in [0.25, 0.3) is 0 Å². The van der Waals surface area contributed by atoms with Crippen molar-refractivity contribution in [3.8, 4) is 0 Å². The molecule has 1 rings (SSSR count). The standard InChI is InChI=1S/C13H26N2O3/c1-2-3-11(4-7-16)10-15-12(17)13(14)5-8-18-9-6-13/h11,16H,2-10,14H2,1H3,(H,15,17). The molecule has 1 atom stereocenters. The Morgan fingerprint density at radius 1 is 1.44 bits per heavy atom. The molecule has 1 unspecified atom stereocenters. The third kappa shape index (κ3) is 4.55. The van der Waals surface area contributed by atoms with Crippen molar-refractivity contribution >= 4 is 5.91 Å². The van der Waals surface area contributed by atoms with Crippen LogP contribution in [0, 0.1) is 5.92 Å². The van der Waals surface area contributed by atoms with Crippen molar-refractivity contribution in [3.63, 3.8) is 0 Å². The molecule has 1 amide bonds. The van der Waals surface area contributed by atoms with E-state index in [1.807, 2.05) is 0 Å². The van der Waals surface area contributed by atoms with Gasteiger partial charge < -0.3 is 20.9 Å². The predicted molar refractivity (Wildman–Crippen MR) is 70.1 cm³/mol. The zero-order valence-corrected chi connectivity index (χ0v) is 11.3. The van der Waals surface area contributed by atoms with Crippen LogP contribution in [0.1, 0.15) is 39.0 Å². The predicted octanol–water partition coefficient (Wildman–Crippen LogP) is 0.409. The van der Waals surface area contributed by atoms with Gasteiger partial charge in [0.1, 0.15) is 0 Å². The average Bonchev–Trinajstić information content (AvgIpc) is 2.37. The molecule has 0 aliphatic carbocycles. The first-order chi connectivity index (χ1) is 8.62. The van der Waals surface area contributed by atoms with Crippen molar-refractivity contribution in [2.24, 2.45) is 11.7 Å². The van der Waals surface area contributed by atoms with Crippen molar-refractivity contribution in [1.82, 2.24) is 5.32 Å². The normalized spacial score (nSPS) is 20.4. The van der Waals surface area contributed by atoms with E-state index < -0.39 is 5.54 Å². The van der Waals surface area contributed by atoms with Gasteiger partial charge in [-0.1, -0.05) is 13.3 Å². The molecule has 1 saturated heterocycles. The summed E-state index contributed by atoms with van der Waals surface area (Å²) in [6.45, 7) is 3.99. The minimum Gasteiger partial charge on any atom is -0.396 e. The fraction of sp³-hybridized carbons (Fsp3) is 0.923. The van der Waals surface area contributed by atoms with Crippen LogP contribution in [0.25, 0.3) is 0 Å². The van der Waals surface area contributed by atoms with Crippen LogP contribution in [-0.4, -0.2) is 42.9 Å². The largest absolute Gasteiger partial charge is 0.396 e. The highest BCUT2D eigenvalue weighted by Crippen LogP contribution is 2.18. The molecule has 1 heterocycles. The Bertz CT molecular complexity index is 247. The number of rotatable bonds is 7. The number of hydrogen-bond acceptors (Lipinski definition) is 4. The zero-order chi connectivity index (χ0) is 13.4. The number of hydrogen-bond donors (Lipinski definition) is 3. The summed E-state index contributed by atoms with van der Waals surface area (Å²) < 4.78 is 5.22. The Morgan fingerprint density at radius 3 is 2.67 bits per heavy atom. The summed E-state index contributed by atoms with van der Waals surface area (Å²) in [7, 11) is 0. The van der Waals surface area contributed by atoms with Crippen LogP contribution in [0.15, 0.2) is 0 Å². The smallest absolute Gasteiger partial charge is 0.240 e. The van der Waals surface area contributed by atoms with Crippen LogP contribution >= 0.6 is 0 Å².